The summed E-state index contributed by atoms with van der Waals surface area (Å²) in [5, 5.41) is 10.2. The van der Waals surface area contributed by atoms with Crippen LogP contribution in [0.3, 0.4) is 0 Å². The van der Waals surface area contributed by atoms with E-state index < -0.39 is 8.32 Å². The maximum atomic E-state index is 10.2. The molecule has 0 heterocycles. The number of allylic oxidation sites excluding steroid dienone is 3. The summed E-state index contributed by atoms with van der Waals surface area (Å²) in [4.78, 5) is 0. The van der Waals surface area contributed by atoms with E-state index in [1.54, 1.807) is 5.57 Å². The average Bonchev–Trinajstić information content (AvgIpc) is 3.18. The number of hydrogen-bond donors (Lipinski definition) is 1. The summed E-state index contributed by atoms with van der Waals surface area (Å²) in [5.74, 6) is 3.04. The highest BCUT2D eigenvalue weighted by Gasteiger charge is 2.50. The van der Waals surface area contributed by atoms with Crippen LogP contribution < -0.4 is 0 Å². The van der Waals surface area contributed by atoms with Crippen molar-refractivity contribution in [3.8, 4) is 0 Å². The molecule has 0 aromatic rings. The van der Waals surface area contributed by atoms with Crippen molar-refractivity contribution < 1.29 is 9.53 Å². The van der Waals surface area contributed by atoms with Gasteiger partial charge in [-0.3, -0.25) is 0 Å². The molecule has 3 aliphatic carbocycles. The Kier molecular flexibility index (Phi) is 10.6. The van der Waals surface area contributed by atoms with Crippen LogP contribution in [0.15, 0.2) is 23.3 Å². The van der Waals surface area contributed by atoms with Crippen LogP contribution in [0, 0.1) is 29.1 Å². The van der Waals surface area contributed by atoms with Crippen molar-refractivity contribution in [2.24, 2.45) is 29.1 Å². The van der Waals surface area contributed by atoms with Crippen LogP contribution in [0.1, 0.15) is 126 Å². The molecule has 3 saturated carbocycles. The number of fused-ring (bicyclic) bond motifs is 1. The van der Waals surface area contributed by atoms with Gasteiger partial charge in [-0.2, -0.15) is 0 Å². The first kappa shape index (κ1) is 30.2. The predicted molar refractivity (Wildman–Crippen MR) is 159 cm³/mol. The first-order valence-corrected chi connectivity index (χ1v) is 18.3. The van der Waals surface area contributed by atoms with E-state index in [0.29, 0.717) is 11.3 Å². The largest absolute Gasteiger partial charge is 0.412 e. The van der Waals surface area contributed by atoms with E-state index in [-0.39, 0.29) is 11.7 Å². The molecule has 3 fully saturated rings. The summed E-state index contributed by atoms with van der Waals surface area (Å²) in [6.07, 6.45) is 18.5. The fourth-order valence-electron chi connectivity index (χ4n) is 8.69. The van der Waals surface area contributed by atoms with Gasteiger partial charge < -0.3 is 9.53 Å². The first-order chi connectivity index (χ1) is 17.0. The molecular formula is C33H60O2Si. The molecule has 3 rings (SSSR count). The molecule has 0 bridgehead atoms. The highest BCUT2D eigenvalue weighted by atomic mass is 28.4. The van der Waals surface area contributed by atoms with Gasteiger partial charge in [0, 0.05) is 0 Å². The maximum Gasteiger partial charge on any atom is 0.192 e. The molecule has 208 valence electrons. The summed E-state index contributed by atoms with van der Waals surface area (Å²) in [5.41, 5.74) is 3.68. The molecule has 0 aromatic carbocycles. The second-order valence-electron chi connectivity index (χ2n) is 14.0. The normalized spacial score (nSPS) is 34.8. The Bertz CT molecular complexity index is 743. The maximum absolute atomic E-state index is 10.2. The van der Waals surface area contributed by atoms with E-state index >= 15 is 0 Å². The third kappa shape index (κ3) is 7.17. The van der Waals surface area contributed by atoms with Crippen molar-refractivity contribution in [2.45, 2.75) is 156 Å². The Morgan fingerprint density at radius 3 is 2.44 bits per heavy atom. The fourth-order valence-corrected chi connectivity index (χ4v) is 11.9. The molecule has 36 heavy (non-hydrogen) atoms. The average molecular weight is 517 g/mol. The molecule has 0 unspecified atom stereocenters. The van der Waals surface area contributed by atoms with Crippen LogP contribution >= 0.6 is 0 Å². The van der Waals surface area contributed by atoms with E-state index in [1.165, 1.54) is 81.5 Å². The zero-order valence-corrected chi connectivity index (χ0v) is 26.3. The second-order valence-corrected chi connectivity index (χ2v) is 18.7. The van der Waals surface area contributed by atoms with Gasteiger partial charge >= 0.3 is 0 Å². The summed E-state index contributed by atoms with van der Waals surface area (Å²) >= 11 is 0. The SMILES string of the molecule is CC[Si](CC)(CC)OC(C)(C)CCC[C@@H](C)[C@H]1CC[C@H]2/C(=C/C=C3/C[C@@H](C)C[C@@H](O)C3)CCC[C@]12C. The summed E-state index contributed by atoms with van der Waals surface area (Å²) in [7, 11) is -1.55. The Morgan fingerprint density at radius 1 is 1.11 bits per heavy atom. The van der Waals surface area contributed by atoms with Crippen molar-refractivity contribution in [1.29, 1.82) is 0 Å². The number of rotatable bonds is 11. The Labute approximate surface area is 225 Å². The molecule has 2 nitrogen and oxygen atoms in total. The Hall–Kier alpha value is -0.383. The standard InChI is InChI=1S/C33H60O2Si/c1-9-36(10-2,11-3)35-32(6,7)20-12-14-26(5)30-18-19-31-28(15-13-21-33(30,31)8)17-16-27-22-25(4)23-29(34)24-27/h16-17,25-26,29-31,34H,9-15,18-24H2,1-8H3/b27-16-,28-17+/t25-,26-,29-,30-,31+,33-/m1/s1. The Balaban J connectivity index is 1.59. The fraction of sp³-hybridized carbons (Fsp3) is 0.879. The molecule has 0 aromatic heterocycles. The van der Waals surface area contributed by atoms with Crippen LogP contribution in [-0.4, -0.2) is 25.1 Å². The Morgan fingerprint density at radius 2 is 1.81 bits per heavy atom. The molecule has 3 heteroatoms. The molecule has 3 aliphatic rings. The summed E-state index contributed by atoms with van der Waals surface area (Å²) in [6.45, 7) is 19.2. The minimum absolute atomic E-state index is 0.0223. The molecule has 1 N–H and O–H groups in total. The highest BCUT2D eigenvalue weighted by Crippen LogP contribution is 2.60. The van der Waals surface area contributed by atoms with E-state index in [9.17, 15) is 5.11 Å². The van der Waals surface area contributed by atoms with E-state index in [1.807, 2.05) is 0 Å². The van der Waals surface area contributed by atoms with E-state index in [4.69, 9.17) is 4.43 Å². The minimum Gasteiger partial charge on any atom is -0.412 e. The van der Waals surface area contributed by atoms with Crippen LogP contribution in [0.4, 0.5) is 0 Å². The lowest BCUT2D eigenvalue weighted by Crippen LogP contribution is -2.44. The van der Waals surface area contributed by atoms with Crippen molar-refractivity contribution in [3.05, 3.63) is 23.3 Å². The molecule has 0 aliphatic heterocycles. The van der Waals surface area contributed by atoms with Crippen molar-refractivity contribution in [1.82, 2.24) is 0 Å². The second kappa shape index (κ2) is 12.6. The van der Waals surface area contributed by atoms with Crippen molar-refractivity contribution in [3.63, 3.8) is 0 Å². The van der Waals surface area contributed by atoms with Gasteiger partial charge in [0.25, 0.3) is 0 Å². The topological polar surface area (TPSA) is 29.5 Å². The third-order valence-corrected chi connectivity index (χ3v) is 15.8. The summed E-state index contributed by atoms with van der Waals surface area (Å²) < 4.78 is 6.90. The van der Waals surface area contributed by atoms with Crippen molar-refractivity contribution in [2.75, 3.05) is 0 Å². The minimum atomic E-state index is -1.55. The quantitative estimate of drug-likeness (QED) is 0.277. The number of aliphatic hydroxyl groups excluding tert-OH is 1. The monoisotopic (exact) mass is 516 g/mol. The zero-order valence-electron chi connectivity index (χ0n) is 25.3. The number of hydrogen-bond acceptors (Lipinski definition) is 2. The molecule has 0 radical (unpaired) electrons. The van der Waals surface area contributed by atoms with Crippen molar-refractivity contribution >= 4 is 8.32 Å². The molecule has 6 atom stereocenters. The molecule has 0 saturated heterocycles. The predicted octanol–water partition coefficient (Wildman–Crippen LogP) is 9.84. The van der Waals surface area contributed by atoms with Gasteiger partial charge in [-0.05, 0) is 119 Å². The molecule has 0 amide bonds. The lowest BCUT2D eigenvalue weighted by atomic mass is 9.60. The van der Waals surface area contributed by atoms with E-state index in [2.05, 4.69) is 67.5 Å². The van der Waals surface area contributed by atoms with Gasteiger partial charge in [0.2, 0.25) is 0 Å². The lowest BCUT2D eigenvalue weighted by molar-refractivity contribution is 0.0704. The summed E-state index contributed by atoms with van der Waals surface area (Å²) in [6, 6.07) is 3.73. The first-order valence-electron chi connectivity index (χ1n) is 15.7. The van der Waals surface area contributed by atoms with Crippen LogP contribution in [0.2, 0.25) is 18.1 Å². The smallest absolute Gasteiger partial charge is 0.192 e. The number of aliphatic hydroxyl groups is 1. The van der Waals surface area contributed by atoms with E-state index in [0.717, 1.165) is 30.6 Å². The van der Waals surface area contributed by atoms with Crippen LogP contribution in [-0.2, 0) is 4.43 Å². The van der Waals surface area contributed by atoms with Crippen LogP contribution in [0.5, 0.6) is 0 Å². The molecular weight excluding hydrogens is 456 g/mol. The zero-order chi connectivity index (χ0) is 26.6. The van der Waals surface area contributed by atoms with Gasteiger partial charge in [-0.1, -0.05) is 77.7 Å². The highest BCUT2D eigenvalue weighted by molar-refractivity contribution is 6.73. The van der Waals surface area contributed by atoms with Gasteiger partial charge in [-0.15, -0.1) is 0 Å². The van der Waals surface area contributed by atoms with Gasteiger partial charge in [0.1, 0.15) is 0 Å². The lowest BCUT2D eigenvalue weighted by Gasteiger charge is -2.44. The van der Waals surface area contributed by atoms with Gasteiger partial charge in [-0.25, -0.2) is 0 Å². The van der Waals surface area contributed by atoms with Gasteiger partial charge in [0.05, 0.1) is 11.7 Å². The molecule has 0 spiro atoms. The van der Waals surface area contributed by atoms with Crippen LogP contribution in [0.25, 0.3) is 0 Å². The van der Waals surface area contributed by atoms with Gasteiger partial charge in [0.15, 0.2) is 8.32 Å². The third-order valence-electron chi connectivity index (χ3n) is 10.9.